The number of hydrogen-bond donors (Lipinski definition) is 2. The molecular weight excluding hydrogens is 413 g/mol. The van der Waals surface area contributed by atoms with Gasteiger partial charge in [-0.25, -0.2) is 4.39 Å². The molecule has 1 saturated carbocycles. The first-order valence-corrected chi connectivity index (χ1v) is 10.7. The molecule has 0 saturated heterocycles. The Balaban J connectivity index is 1.58. The normalized spacial score (nSPS) is 17.5. The fourth-order valence-corrected chi connectivity index (χ4v) is 4.12. The number of fused-ring (bicyclic) bond motifs is 1. The highest BCUT2D eigenvalue weighted by atomic mass is 19.1. The number of nitrogens with zero attached hydrogens (tertiary/aromatic N) is 1. The molecule has 1 heterocycles. The van der Waals surface area contributed by atoms with Crippen molar-refractivity contribution in [3.63, 3.8) is 0 Å². The van der Waals surface area contributed by atoms with Crippen LogP contribution in [-0.4, -0.2) is 35.9 Å². The number of benzene rings is 2. The molecule has 1 aliphatic heterocycles. The van der Waals surface area contributed by atoms with Crippen LogP contribution in [0.3, 0.4) is 0 Å². The van der Waals surface area contributed by atoms with Crippen LogP contribution in [0.5, 0.6) is 5.75 Å². The molecule has 1 fully saturated rings. The first kappa shape index (κ1) is 21.8. The molecule has 2 N–H and O–H groups in total. The second-order valence-electron chi connectivity index (χ2n) is 8.70. The van der Waals surface area contributed by atoms with Crippen LogP contribution in [0.1, 0.15) is 49.9 Å². The summed E-state index contributed by atoms with van der Waals surface area (Å²) in [5.41, 5.74) is -0.148. The Morgan fingerprint density at radius 1 is 1.16 bits per heavy atom. The Hall–Kier alpha value is -3.42. The summed E-state index contributed by atoms with van der Waals surface area (Å²) in [6.07, 6.45) is 4.11. The highest BCUT2D eigenvalue weighted by Gasteiger charge is 2.42. The van der Waals surface area contributed by atoms with Crippen molar-refractivity contribution in [2.24, 2.45) is 0 Å². The van der Waals surface area contributed by atoms with Gasteiger partial charge in [-0.05, 0) is 63.1 Å². The summed E-state index contributed by atoms with van der Waals surface area (Å²) >= 11 is 0. The van der Waals surface area contributed by atoms with Gasteiger partial charge in [-0.1, -0.05) is 18.9 Å². The number of carbonyl (C=O) groups excluding carboxylic acids is 3. The third-order valence-electron chi connectivity index (χ3n) is 5.74. The van der Waals surface area contributed by atoms with Crippen LogP contribution in [0.25, 0.3) is 0 Å². The second kappa shape index (κ2) is 8.61. The lowest BCUT2D eigenvalue weighted by molar-refractivity contribution is -0.133. The molecule has 7 nitrogen and oxygen atoms in total. The molecular formula is C24H26FN3O4. The second-order valence-corrected chi connectivity index (χ2v) is 8.70. The zero-order valence-electron chi connectivity index (χ0n) is 18.1. The molecule has 0 radical (unpaired) electrons. The maximum atomic E-state index is 13.4. The van der Waals surface area contributed by atoms with Gasteiger partial charge in [0.15, 0.2) is 5.60 Å². The highest BCUT2D eigenvalue weighted by molar-refractivity contribution is 6.08. The van der Waals surface area contributed by atoms with Gasteiger partial charge in [-0.15, -0.1) is 0 Å². The first-order chi connectivity index (χ1) is 15.2. The number of rotatable bonds is 5. The van der Waals surface area contributed by atoms with Gasteiger partial charge >= 0.3 is 0 Å². The molecule has 0 atom stereocenters. The summed E-state index contributed by atoms with van der Waals surface area (Å²) in [5.74, 6) is -1.19. The number of anilines is 2. The van der Waals surface area contributed by atoms with Gasteiger partial charge < -0.3 is 15.4 Å². The van der Waals surface area contributed by atoms with Crippen molar-refractivity contribution in [3.05, 3.63) is 53.8 Å². The van der Waals surface area contributed by atoms with E-state index in [1.807, 2.05) is 0 Å². The summed E-state index contributed by atoms with van der Waals surface area (Å²) in [7, 11) is 0. The van der Waals surface area contributed by atoms with Crippen LogP contribution in [0, 0.1) is 5.82 Å². The molecule has 3 amide bonds. The predicted octanol–water partition coefficient (Wildman–Crippen LogP) is 3.64. The van der Waals surface area contributed by atoms with Crippen molar-refractivity contribution in [1.29, 1.82) is 0 Å². The van der Waals surface area contributed by atoms with E-state index in [1.165, 1.54) is 23.1 Å². The monoisotopic (exact) mass is 439 g/mol. The molecule has 168 valence electrons. The van der Waals surface area contributed by atoms with Gasteiger partial charge in [-0.2, -0.15) is 0 Å². The van der Waals surface area contributed by atoms with Crippen molar-refractivity contribution >= 4 is 29.1 Å². The van der Waals surface area contributed by atoms with E-state index < -0.39 is 23.2 Å². The van der Waals surface area contributed by atoms with E-state index in [0.717, 1.165) is 25.7 Å². The molecule has 8 heteroatoms. The summed E-state index contributed by atoms with van der Waals surface area (Å²) in [6.45, 7) is 2.94. The van der Waals surface area contributed by atoms with Gasteiger partial charge in [0.2, 0.25) is 5.91 Å². The molecule has 4 rings (SSSR count). The van der Waals surface area contributed by atoms with Crippen molar-refractivity contribution in [1.82, 2.24) is 5.32 Å². The molecule has 32 heavy (non-hydrogen) atoms. The van der Waals surface area contributed by atoms with E-state index in [0.29, 0.717) is 22.7 Å². The largest absolute Gasteiger partial charge is 0.476 e. The number of carbonyl (C=O) groups is 3. The van der Waals surface area contributed by atoms with Crippen LogP contribution in [0.2, 0.25) is 0 Å². The summed E-state index contributed by atoms with van der Waals surface area (Å²) < 4.78 is 19.3. The van der Waals surface area contributed by atoms with Gasteiger partial charge in [-0.3, -0.25) is 19.3 Å². The van der Waals surface area contributed by atoms with E-state index >= 15 is 0 Å². The topological polar surface area (TPSA) is 87.7 Å². The van der Waals surface area contributed by atoms with Gasteiger partial charge in [0.05, 0.1) is 5.69 Å². The lowest BCUT2D eigenvalue weighted by atomic mass is 10.0. The number of halogens is 1. The van der Waals surface area contributed by atoms with Crippen LogP contribution in [-0.2, 0) is 9.59 Å². The lowest BCUT2D eigenvalue weighted by Gasteiger charge is -2.38. The summed E-state index contributed by atoms with van der Waals surface area (Å²) in [5, 5.41) is 5.63. The molecule has 0 spiro atoms. The fraction of sp³-hybridized carbons (Fsp3) is 0.375. The molecule has 0 unspecified atom stereocenters. The van der Waals surface area contributed by atoms with Crippen LogP contribution in [0.15, 0.2) is 42.5 Å². The summed E-state index contributed by atoms with van der Waals surface area (Å²) in [6, 6.07) is 10.5. The van der Waals surface area contributed by atoms with Gasteiger partial charge in [0, 0.05) is 17.3 Å². The maximum absolute atomic E-state index is 13.4. The number of hydrogen-bond acceptors (Lipinski definition) is 4. The molecule has 1 aliphatic carbocycles. The zero-order valence-corrected chi connectivity index (χ0v) is 18.1. The van der Waals surface area contributed by atoms with Gasteiger partial charge in [0.1, 0.15) is 18.1 Å². The Morgan fingerprint density at radius 3 is 2.62 bits per heavy atom. The minimum Gasteiger partial charge on any atom is -0.476 e. The molecule has 0 bridgehead atoms. The molecule has 0 aromatic heterocycles. The van der Waals surface area contributed by atoms with E-state index in [9.17, 15) is 18.8 Å². The standard InChI is InChI=1S/C24H26FN3O4/c1-24(2)23(31)28(14-21(29)26-18-9-5-6-16(25)13-18)19-12-15(10-11-20(19)32-24)22(30)27-17-7-3-4-8-17/h5-6,9-13,17H,3-4,7-8,14H2,1-2H3,(H,26,29)(H,27,30). The minimum absolute atomic E-state index is 0.156. The maximum Gasteiger partial charge on any atom is 0.271 e. The third-order valence-corrected chi connectivity index (χ3v) is 5.74. The number of amides is 3. The number of nitrogens with one attached hydrogen (secondary N) is 2. The van der Waals surface area contributed by atoms with E-state index in [2.05, 4.69) is 10.6 Å². The predicted molar refractivity (Wildman–Crippen MR) is 118 cm³/mol. The van der Waals surface area contributed by atoms with E-state index in [1.54, 1.807) is 38.1 Å². The van der Waals surface area contributed by atoms with Crippen LogP contribution >= 0.6 is 0 Å². The quantitative estimate of drug-likeness (QED) is 0.745. The Kier molecular flexibility index (Phi) is 5.86. The molecule has 2 aliphatic rings. The van der Waals surface area contributed by atoms with Crippen LogP contribution < -0.4 is 20.3 Å². The number of ether oxygens (including phenoxy) is 1. The average molecular weight is 439 g/mol. The average Bonchev–Trinajstić information content (AvgIpc) is 3.24. The summed E-state index contributed by atoms with van der Waals surface area (Å²) in [4.78, 5) is 39.8. The minimum atomic E-state index is -1.18. The van der Waals surface area contributed by atoms with Crippen molar-refractivity contribution in [2.75, 3.05) is 16.8 Å². The van der Waals surface area contributed by atoms with E-state index in [4.69, 9.17) is 4.74 Å². The highest BCUT2D eigenvalue weighted by Crippen LogP contribution is 2.38. The lowest BCUT2D eigenvalue weighted by Crippen LogP contribution is -2.54. The fourth-order valence-electron chi connectivity index (χ4n) is 4.12. The Morgan fingerprint density at radius 2 is 1.91 bits per heavy atom. The first-order valence-electron chi connectivity index (χ1n) is 10.7. The zero-order chi connectivity index (χ0) is 22.9. The Labute approximate surface area is 185 Å². The van der Waals surface area contributed by atoms with Crippen LogP contribution in [0.4, 0.5) is 15.8 Å². The third kappa shape index (κ3) is 4.59. The molecule has 2 aromatic rings. The van der Waals surface area contributed by atoms with E-state index in [-0.39, 0.29) is 18.5 Å². The van der Waals surface area contributed by atoms with Crippen molar-refractivity contribution in [3.8, 4) is 5.75 Å². The van der Waals surface area contributed by atoms with Crippen molar-refractivity contribution < 1.29 is 23.5 Å². The molecule has 2 aromatic carbocycles. The van der Waals surface area contributed by atoms with Gasteiger partial charge in [0.25, 0.3) is 11.8 Å². The Bertz CT molecular complexity index is 1060. The SMILES string of the molecule is CC1(C)Oc2ccc(C(=O)NC3CCCC3)cc2N(CC(=O)Nc2cccc(F)c2)C1=O. The van der Waals surface area contributed by atoms with Crippen molar-refractivity contribution in [2.45, 2.75) is 51.2 Å². The smallest absolute Gasteiger partial charge is 0.271 e.